The van der Waals surface area contributed by atoms with Gasteiger partial charge in [-0.15, -0.1) is 0 Å². The van der Waals surface area contributed by atoms with Crippen LogP contribution < -0.4 is 5.32 Å². The summed E-state index contributed by atoms with van der Waals surface area (Å²) in [5.74, 6) is 0. The minimum atomic E-state index is -0.106. The number of ether oxygens (including phenoxy) is 1. The van der Waals surface area contributed by atoms with Crippen LogP contribution in [-0.4, -0.2) is 25.3 Å². The number of likely N-dealkylation sites (N-methyl/N-ethyl adjacent to an activating group) is 1. The van der Waals surface area contributed by atoms with Crippen molar-refractivity contribution < 1.29 is 4.74 Å². The summed E-state index contributed by atoms with van der Waals surface area (Å²) in [7, 11) is 1.77. The highest BCUT2D eigenvalue weighted by Crippen LogP contribution is 2.19. The van der Waals surface area contributed by atoms with Crippen molar-refractivity contribution in [2.75, 3.05) is 13.7 Å². The Morgan fingerprint density at radius 2 is 2.11 bits per heavy atom. The number of halogens is 1. The van der Waals surface area contributed by atoms with Gasteiger partial charge in [-0.25, -0.2) is 0 Å². The van der Waals surface area contributed by atoms with Crippen molar-refractivity contribution in [2.45, 2.75) is 45.3 Å². The third-order valence-corrected chi connectivity index (χ3v) is 3.39. The monoisotopic (exact) mass is 269 g/mol. The first-order valence-electron chi connectivity index (χ1n) is 6.50. The maximum Gasteiger partial charge on any atom is 0.0637 e. The van der Waals surface area contributed by atoms with Gasteiger partial charge in [0.15, 0.2) is 0 Å². The zero-order valence-corrected chi connectivity index (χ0v) is 12.6. The molecule has 0 saturated carbocycles. The Kier molecular flexibility index (Phi) is 6.13. The lowest BCUT2D eigenvalue weighted by Gasteiger charge is -2.29. The second kappa shape index (κ2) is 7.13. The topological polar surface area (TPSA) is 21.3 Å². The molecule has 2 nitrogen and oxygen atoms in total. The van der Waals surface area contributed by atoms with E-state index < -0.39 is 0 Å². The zero-order chi connectivity index (χ0) is 13.6. The van der Waals surface area contributed by atoms with E-state index in [1.807, 2.05) is 18.2 Å². The molecule has 0 bridgehead atoms. The fraction of sp³-hybridized carbons (Fsp3) is 0.600. The summed E-state index contributed by atoms with van der Waals surface area (Å²) in [4.78, 5) is 0. The predicted molar refractivity (Wildman–Crippen MR) is 78.3 cm³/mol. The highest BCUT2D eigenvalue weighted by atomic mass is 35.5. The van der Waals surface area contributed by atoms with Crippen LogP contribution in [0.5, 0.6) is 0 Å². The zero-order valence-electron chi connectivity index (χ0n) is 11.8. The number of rotatable bonds is 7. The van der Waals surface area contributed by atoms with Gasteiger partial charge in [0.25, 0.3) is 0 Å². The Hall–Kier alpha value is -0.570. The second-order valence-corrected chi connectivity index (χ2v) is 5.69. The highest BCUT2D eigenvalue weighted by molar-refractivity contribution is 6.30. The van der Waals surface area contributed by atoms with E-state index in [0.717, 1.165) is 24.4 Å². The molecule has 3 heteroatoms. The minimum Gasteiger partial charge on any atom is -0.379 e. The van der Waals surface area contributed by atoms with Crippen molar-refractivity contribution in [1.82, 2.24) is 5.32 Å². The number of nitrogens with one attached hydrogen (secondary N) is 1. The summed E-state index contributed by atoms with van der Waals surface area (Å²) in [6.45, 7) is 7.33. The Balaban J connectivity index is 2.68. The molecule has 0 heterocycles. The average molecular weight is 270 g/mol. The summed E-state index contributed by atoms with van der Waals surface area (Å²) >= 11 is 6.02. The molecule has 0 amide bonds. The molecule has 0 spiro atoms. The molecule has 1 rings (SSSR count). The van der Waals surface area contributed by atoms with Gasteiger partial charge < -0.3 is 10.1 Å². The van der Waals surface area contributed by atoms with Crippen LogP contribution >= 0.6 is 11.6 Å². The van der Waals surface area contributed by atoms with E-state index in [1.54, 1.807) is 7.11 Å². The first kappa shape index (κ1) is 15.5. The van der Waals surface area contributed by atoms with E-state index in [4.69, 9.17) is 16.3 Å². The largest absolute Gasteiger partial charge is 0.379 e. The van der Waals surface area contributed by atoms with Gasteiger partial charge in [0.2, 0.25) is 0 Å². The molecule has 1 unspecified atom stereocenters. The standard InChI is InChI=1S/C15H24ClNO/c1-5-17-14(11-15(2,3)18-4)10-12-7-6-8-13(16)9-12/h6-9,14,17H,5,10-11H2,1-4H3. The summed E-state index contributed by atoms with van der Waals surface area (Å²) in [6, 6.07) is 8.47. The Bertz CT molecular complexity index is 365. The predicted octanol–water partition coefficient (Wildman–Crippen LogP) is 3.68. The first-order valence-corrected chi connectivity index (χ1v) is 6.87. The lowest BCUT2D eigenvalue weighted by Crippen LogP contribution is -2.39. The Morgan fingerprint density at radius 1 is 1.39 bits per heavy atom. The van der Waals surface area contributed by atoms with E-state index in [-0.39, 0.29) is 5.60 Å². The van der Waals surface area contributed by atoms with Crippen molar-refractivity contribution in [1.29, 1.82) is 0 Å². The van der Waals surface area contributed by atoms with Gasteiger partial charge in [0.05, 0.1) is 5.60 Å². The molecule has 1 aromatic rings. The molecule has 18 heavy (non-hydrogen) atoms. The molecule has 0 radical (unpaired) electrons. The SMILES string of the molecule is CCNC(Cc1cccc(Cl)c1)CC(C)(C)OC. The lowest BCUT2D eigenvalue weighted by atomic mass is 9.94. The van der Waals surface area contributed by atoms with Gasteiger partial charge in [0, 0.05) is 18.2 Å². The maximum atomic E-state index is 6.02. The summed E-state index contributed by atoms with van der Waals surface area (Å²) in [5, 5.41) is 4.32. The van der Waals surface area contributed by atoms with Crippen molar-refractivity contribution in [2.24, 2.45) is 0 Å². The molecule has 1 N–H and O–H groups in total. The summed E-state index contributed by atoms with van der Waals surface area (Å²) in [6.07, 6.45) is 1.95. The van der Waals surface area contributed by atoms with Crippen LogP contribution in [0, 0.1) is 0 Å². The molecule has 0 aromatic heterocycles. The molecule has 102 valence electrons. The molecule has 0 saturated heterocycles. The fourth-order valence-electron chi connectivity index (χ4n) is 2.13. The van der Waals surface area contributed by atoms with Gasteiger partial charge in [0.1, 0.15) is 0 Å². The van der Waals surface area contributed by atoms with Crippen molar-refractivity contribution in [3.63, 3.8) is 0 Å². The highest BCUT2D eigenvalue weighted by Gasteiger charge is 2.22. The fourth-order valence-corrected chi connectivity index (χ4v) is 2.34. The lowest BCUT2D eigenvalue weighted by molar-refractivity contribution is 0.00727. The number of hydrogen-bond donors (Lipinski definition) is 1. The first-order chi connectivity index (χ1) is 8.46. The van der Waals surface area contributed by atoms with Crippen LogP contribution in [0.15, 0.2) is 24.3 Å². The molecule has 1 aromatic carbocycles. The number of hydrogen-bond acceptors (Lipinski definition) is 2. The third-order valence-electron chi connectivity index (χ3n) is 3.15. The van der Waals surface area contributed by atoms with Crippen LogP contribution in [0.3, 0.4) is 0 Å². The summed E-state index contributed by atoms with van der Waals surface area (Å²) < 4.78 is 5.51. The van der Waals surface area contributed by atoms with Gasteiger partial charge in [-0.3, -0.25) is 0 Å². The van der Waals surface area contributed by atoms with Gasteiger partial charge in [-0.2, -0.15) is 0 Å². The van der Waals surface area contributed by atoms with E-state index in [9.17, 15) is 0 Å². The molecule has 1 atom stereocenters. The van der Waals surface area contributed by atoms with Gasteiger partial charge in [-0.1, -0.05) is 30.7 Å². The quantitative estimate of drug-likeness (QED) is 0.815. The van der Waals surface area contributed by atoms with Crippen molar-refractivity contribution in [3.05, 3.63) is 34.9 Å². The molecule has 0 aliphatic heterocycles. The summed E-state index contributed by atoms with van der Waals surface area (Å²) in [5.41, 5.74) is 1.16. The van der Waals surface area contributed by atoms with E-state index in [1.165, 1.54) is 5.56 Å². The van der Waals surface area contributed by atoms with E-state index >= 15 is 0 Å². The van der Waals surface area contributed by atoms with Crippen molar-refractivity contribution in [3.8, 4) is 0 Å². The minimum absolute atomic E-state index is 0.106. The van der Waals surface area contributed by atoms with Crippen LogP contribution in [-0.2, 0) is 11.2 Å². The van der Waals surface area contributed by atoms with Crippen LogP contribution in [0.25, 0.3) is 0 Å². The molecular formula is C15H24ClNO. The molecule has 0 fully saturated rings. The third kappa shape index (κ3) is 5.38. The van der Waals surface area contributed by atoms with Gasteiger partial charge >= 0.3 is 0 Å². The van der Waals surface area contributed by atoms with Crippen molar-refractivity contribution >= 4 is 11.6 Å². The van der Waals surface area contributed by atoms with Crippen LogP contribution in [0.4, 0.5) is 0 Å². The maximum absolute atomic E-state index is 6.02. The van der Waals surface area contributed by atoms with Crippen LogP contribution in [0.1, 0.15) is 32.8 Å². The van der Waals surface area contributed by atoms with E-state index in [2.05, 4.69) is 32.2 Å². The van der Waals surface area contributed by atoms with Gasteiger partial charge in [-0.05, 0) is 50.9 Å². The molecular weight excluding hydrogens is 246 g/mol. The number of methoxy groups -OCH3 is 1. The average Bonchev–Trinajstić information content (AvgIpc) is 2.29. The Labute approximate surface area is 116 Å². The normalized spacial score (nSPS) is 13.6. The number of benzene rings is 1. The Morgan fingerprint density at radius 3 is 2.67 bits per heavy atom. The molecule has 0 aliphatic rings. The van der Waals surface area contributed by atoms with E-state index in [0.29, 0.717) is 6.04 Å². The van der Waals surface area contributed by atoms with Crippen LogP contribution in [0.2, 0.25) is 5.02 Å². The smallest absolute Gasteiger partial charge is 0.0637 e. The second-order valence-electron chi connectivity index (χ2n) is 5.26. The molecule has 0 aliphatic carbocycles.